The number of hydrogen-bond acceptors (Lipinski definition) is 7. The molecule has 4 rings (SSSR count). The highest BCUT2D eigenvalue weighted by atomic mass is 16.1. The minimum atomic E-state index is -0.253. The summed E-state index contributed by atoms with van der Waals surface area (Å²) in [6, 6.07) is 8.63. The van der Waals surface area contributed by atoms with E-state index in [0.717, 1.165) is 0 Å². The molecule has 0 bridgehead atoms. The lowest BCUT2D eigenvalue weighted by Gasteiger charge is -2.07. The molecule has 0 saturated heterocycles. The maximum absolute atomic E-state index is 12.0. The number of fused-ring (bicyclic) bond motifs is 1. The molecule has 0 radical (unpaired) electrons. The zero-order chi connectivity index (χ0) is 17.4. The summed E-state index contributed by atoms with van der Waals surface area (Å²) in [4.78, 5) is 27.6. The normalized spacial score (nSPS) is 10.9. The second-order valence-corrected chi connectivity index (χ2v) is 5.37. The Morgan fingerprint density at radius 2 is 2.08 bits per heavy atom. The van der Waals surface area contributed by atoms with Crippen molar-refractivity contribution in [3.8, 4) is 11.4 Å². The van der Waals surface area contributed by atoms with E-state index < -0.39 is 0 Å². The van der Waals surface area contributed by atoms with Crippen molar-refractivity contribution < 1.29 is 0 Å². The van der Waals surface area contributed by atoms with Gasteiger partial charge in [0, 0.05) is 18.5 Å². The lowest BCUT2D eigenvalue weighted by atomic mass is 10.2. The largest absolute Gasteiger partial charge is 0.384 e. The Labute approximate surface area is 141 Å². The van der Waals surface area contributed by atoms with Gasteiger partial charge in [-0.3, -0.25) is 4.79 Å². The Kier molecular flexibility index (Phi) is 3.38. The quantitative estimate of drug-likeness (QED) is 0.518. The molecule has 0 atom stereocenters. The van der Waals surface area contributed by atoms with Crippen LogP contribution < -0.4 is 16.6 Å². The average Bonchev–Trinajstić information content (AvgIpc) is 2.94. The molecule has 4 aromatic rings. The molecule has 0 aliphatic rings. The first-order valence-corrected chi connectivity index (χ1v) is 7.52. The third kappa shape index (κ3) is 2.67. The molecule has 0 spiro atoms. The molecule has 124 valence electrons. The Bertz CT molecular complexity index is 1110. The molecule has 4 heterocycles. The Hall–Kier alpha value is -3.75. The molecule has 0 aliphatic heterocycles. The van der Waals surface area contributed by atoms with Crippen molar-refractivity contribution >= 4 is 23.0 Å². The first-order chi connectivity index (χ1) is 12.1. The average molecular weight is 334 g/mol. The summed E-state index contributed by atoms with van der Waals surface area (Å²) in [5, 5.41) is 7.38. The van der Waals surface area contributed by atoms with Crippen LogP contribution in [0, 0.1) is 6.92 Å². The number of nitrogens with zero attached hydrogens (tertiary/aromatic N) is 5. The van der Waals surface area contributed by atoms with Crippen LogP contribution in [0.2, 0.25) is 0 Å². The van der Waals surface area contributed by atoms with Crippen LogP contribution in [0.15, 0.2) is 47.5 Å². The van der Waals surface area contributed by atoms with E-state index >= 15 is 0 Å². The van der Waals surface area contributed by atoms with E-state index in [1.807, 2.05) is 6.07 Å². The van der Waals surface area contributed by atoms with Gasteiger partial charge in [-0.1, -0.05) is 0 Å². The van der Waals surface area contributed by atoms with Crippen LogP contribution in [0.25, 0.3) is 17.0 Å². The van der Waals surface area contributed by atoms with Crippen molar-refractivity contribution in [1.29, 1.82) is 0 Å². The van der Waals surface area contributed by atoms with E-state index in [1.54, 1.807) is 48.1 Å². The molecule has 0 saturated carbocycles. The molecule has 0 aromatic carbocycles. The molecule has 4 aromatic heterocycles. The molecule has 0 aliphatic carbocycles. The molecule has 9 nitrogen and oxygen atoms in total. The summed E-state index contributed by atoms with van der Waals surface area (Å²) in [6.07, 6.45) is 3.21. The number of rotatable bonds is 3. The molecule has 9 heteroatoms. The summed E-state index contributed by atoms with van der Waals surface area (Å²) < 4.78 is 1.64. The van der Waals surface area contributed by atoms with Gasteiger partial charge < -0.3 is 16.0 Å². The number of anilines is 3. The van der Waals surface area contributed by atoms with Crippen molar-refractivity contribution in [2.75, 3.05) is 11.1 Å². The number of nitrogens with one attached hydrogen (secondary N) is 2. The van der Waals surface area contributed by atoms with Gasteiger partial charge >= 0.3 is 0 Å². The third-order valence-electron chi connectivity index (χ3n) is 3.56. The highest BCUT2D eigenvalue weighted by molar-refractivity contribution is 5.78. The second-order valence-electron chi connectivity index (χ2n) is 5.37. The zero-order valence-electron chi connectivity index (χ0n) is 13.3. The van der Waals surface area contributed by atoms with Crippen LogP contribution >= 0.6 is 0 Å². The van der Waals surface area contributed by atoms with Crippen LogP contribution in [0.5, 0.6) is 0 Å². The van der Waals surface area contributed by atoms with Crippen molar-refractivity contribution in [2.45, 2.75) is 6.92 Å². The lowest BCUT2D eigenvalue weighted by Crippen LogP contribution is -2.10. The fourth-order valence-corrected chi connectivity index (χ4v) is 2.57. The molecule has 4 N–H and O–H groups in total. The number of hydrogen-bond donors (Lipinski definition) is 3. The number of nitrogen functional groups attached to an aromatic ring is 1. The van der Waals surface area contributed by atoms with Gasteiger partial charge in [0.2, 0.25) is 0 Å². The van der Waals surface area contributed by atoms with Crippen LogP contribution in [-0.2, 0) is 0 Å². The Balaban J connectivity index is 1.95. The summed E-state index contributed by atoms with van der Waals surface area (Å²) >= 11 is 0. The fourth-order valence-electron chi connectivity index (χ4n) is 2.57. The first kappa shape index (κ1) is 14.8. The first-order valence-electron chi connectivity index (χ1n) is 7.52. The summed E-state index contributed by atoms with van der Waals surface area (Å²) in [7, 11) is 0. The fraction of sp³-hybridized carbons (Fsp3) is 0.0625. The number of H-pyrrole nitrogens is 1. The van der Waals surface area contributed by atoms with Gasteiger partial charge in [0.15, 0.2) is 11.5 Å². The number of aryl methyl sites for hydroxylation is 1. The van der Waals surface area contributed by atoms with Gasteiger partial charge in [-0.15, -0.1) is 0 Å². The van der Waals surface area contributed by atoms with Gasteiger partial charge in [-0.25, -0.2) is 19.5 Å². The third-order valence-corrected chi connectivity index (χ3v) is 3.56. The Morgan fingerprint density at radius 3 is 2.88 bits per heavy atom. The molecule has 0 unspecified atom stereocenters. The van der Waals surface area contributed by atoms with Crippen LogP contribution in [0.1, 0.15) is 5.82 Å². The highest BCUT2D eigenvalue weighted by Crippen LogP contribution is 2.29. The van der Waals surface area contributed by atoms with Crippen LogP contribution in [-0.4, -0.2) is 29.5 Å². The second kappa shape index (κ2) is 5.71. The molecular formula is C16H14N8O. The van der Waals surface area contributed by atoms with Crippen LogP contribution in [0.3, 0.4) is 0 Å². The summed E-state index contributed by atoms with van der Waals surface area (Å²) in [5.41, 5.74) is 7.74. The van der Waals surface area contributed by atoms with Crippen LogP contribution in [0.4, 0.5) is 17.3 Å². The minimum Gasteiger partial charge on any atom is -0.384 e. The maximum Gasteiger partial charge on any atom is 0.271 e. The van der Waals surface area contributed by atoms with E-state index in [4.69, 9.17) is 5.73 Å². The predicted molar refractivity (Wildman–Crippen MR) is 93.5 cm³/mol. The number of imidazole rings is 1. The number of aromatic nitrogens is 6. The predicted octanol–water partition coefficient (Wildman–Crippen LogP) is 1.51. The molecule has 25 heavy (non-hydrogen) atoms. The lowest BCUT2D eigenvalue weighted by molar-refractivity contribution is 0.932. The van der Waals surface area contributed by atoms with Crippen molar-refractivity contribution in [2.24, 2.45) is 0 Å². The van der Waals surface area contributed by atoms with Gasteiger partial charge in [0.25, 0.3) is 5.56 Å². The number of nitrogens with two attached hydrogens (primary N) is 1. The number of aromatic amines is 1. The van der Waals surface area contributed by atoms with E-state index in [-0.39, 0.29) is 5.56 Å². The molecular weight excluding hydrogens is 320 g/mol. The van der Waals surface area contributed by atoms with Gasteiger partial charge in [-0.2, -0.15) is 5.10 Å². The van der Waals surface area contributed by atoms with Crippen molar-refractivity contribution in [3.05, 3.63) is 58.9 Å². The standard InChI is InChI=1S/C16H14N8O/c1-9-20-11(8-12(17)21-9)14-15(22-10-4-2-6-18-16(10)25)23-13-5-3-7-19-24(13)14/h2-8,22H,1H3,(H,18,25)(H2,17,20,21). The topological polar surface area (TPSA) is 127 Å². The van der Waals surface area contributed by atoms with Gasteiger partial charge in [0.05, 0.1) is 5.69 Å². The molecule has 0 fully saturated rings. The van der Waals surface area contributed by atoms with Crippen molar-refractivity contribution in [1.82, 2.24) is 29.5 Å². The van der Waals surface area contributed by atoms with Gasteiger partial charge in [-0.05, 0) is 31.2 Å². The van der Waals surface area contributed by atoms with E-state index in [2.05, 4.69) is 30.4 Å². The minimum absolute atomic E-state index is 0.253. The number of pyridine rings is 1. The summed E-state index contributed by atoms with van der Waals surface area (Å²) in [5.74, 6) is 1.33. The Morgan fingerprint density at radius 1 is 1.20 bits per heavy atom. The van der Waals surface area contributed by atoms with E-state index in [9.17, 15) is 4.79 Å². The SMILES string of the molecule is Cc1nc(N)cc(-c2c(Nc3ccc[nH]c3=O)nc3cccnn23)n1. The maximum atomic E-state index is 12.0. The van der Waals surface area contributed by atoms with E-state index in [0.29, 0.717) is 40.2 Å². The molecule has 0 amide bonds. The smallest absolute Gasteiger partial charge is 0.271 e. The summed E-state index contributed by atoms with van der Waals surface area (Å²) in [6.45, 7) is 1.76. The zero-order valence-corrected chi connectivity index (χ0v) is 13.3. The van der Waals surface area contributed by atoms with Gasteiger partial charge in [0.1, 0.15) is 23.0 Å². The van der Waals surface area contributed by atoms with Crippen molar-refractivity contribution in [3.63, 3.8) is 0 Å². The highest BCUT2D eigenvalue weighted by Gasteiger charge is 2.18. The van der Waals surface area contributed by atoms with E-state index in [1.165, 1.54) is 0 Å². The monoisotopic (exact) mass is 334 g/mol.